The molecule has 0 aromatic carbocycles. The van der Waals surface area contributed by atoms with E-state index in [1.54, 1.807) is 13.8 Å². The van der Waals surface area contributed by atoms with Crippen LogP contribution in [0, 0.1) is 5.41 Å². The van der Waals surface area contributed by atoms with Gasteiger partial charge in [0.05, 0.1) is 6.61 Å². The van der Waals surface area contributed by atoms with Crippen molar-refractivity contribution in [1.29, 1.82) is 0 Å². The van der Waals surface area contributed by atoms with Crippen LogP contribution in [0.1, 0.15) is 33.1 Å². The smallest absolute Gasteiger partial charge is 0.249 e. The molecule has 8 nitrogen and oxygen atoms in total. The molecule has 0 aliphatic heterocycles. The summed E-state index contributed by atoms with van der Waals surface area (Å²) < 4.78 is 0. The zero-order chi connectivity index (χ0) is 18.6. The summed E-state index contributed by atoms with van der Waals surface area (Å²) in [4.78, 5) is 34.6. The average molecular weight is 364 g/mol. The quantitative estimate of drug-likeness (QED) is 0.281. The molecule has 1 atom stereocenters. The normalized spacial score (nSPS) is 12.5. The third-order valence-corrected chi connectivity index (χ3v) is 4.21. The van der Waals surface area contributed by atoms with Crippen LogP contribution in [0.2, 0.25) is 0 Å². The van der Waals surface area contributed by atoms with Crippen molar-refractivity contribution in [2.75, 3.05) is 32.1 Å². The average Bonchev–Trinajstić information content (AvgIpc) is 2.55. The summed E-state index contributed by atoms with van der Waals surface area (Å²) in [6.07, 6.45) is -0.544. The second-order valence-electron chi connectivity index (χ2n) is 5.99. The minimum Gasteiger partial charge on any atom is -0.396 e. The molecule has 0 spiro atoms. The number of nitrogens with one attached hydrogen (secondary N) is 2. The number of amides is 2. The molecule has 0 aromatic rings. The van der Waals surface area contributed by atoms with Gasteiger partial charge < -0.3 is 26.0 Å². The SMILES string of the molecule is CC(C)(CO)[C@@H](O)C(=O)NCCC(=O)NCCSC(=O)CCCO. The summed E-state index contributed by atoms with van der Waals surface area (Å²) in [6.45, 7) is 3.18. The molecule has 0 rings (SSSR count). The van der Waals surface area contributed by atoms with Gasteiger partial charge in [0.25, 0.3) is 0 Å². The van der Waals surface area contributed by atoms with Crippen molar-refractivity contribution in [2.24, 2.45) is 5.41 Å². The Morgan fingerprint density at radius 2 is 1.75 bits per heavy atom. The topological polar surface area (TPSA) is 136 Å². The summed E-state index contributed by atoms with van der Waals surface area (Å²) in [5.41, 5.74) is -0.952. The van der Waals surface area contributed by atoms with E-state index in [4.69, 9.17) is 10.2 Å². The molecule has 0 heterocycles. The van der Waals surface area contributed by atoms with Crippen LogP contribution in [-0.4, -0.2) is 70.4 Å². The Bertz CT molecular complexity index is 417. The van der Waals surface area contributed by atoms with Gasteiger partial charge in [-0.1, -0.05) is 25.6 Å². The molecule has 0 aliphatic rings. The highest BCUT2D eigenvalue weighted by Crippen LogP contribution is 2.19. The van der Waals surface area contributed by atoms with Crippen molar-refractivity contribution in [3.8, 4) is 0 Å². The largest absolute Gasteiger partial charge is 0.396 e. The summed E-state index contributed by atoms with van der Waals surface area (Å²) in [5.74, 6) is -0.451. The van der Waals surface area contributed by atoms with Gasteiger partial charge in [-0.25, -0.2) is 0 Å². The number of aliphatic hydroxyl groups excluding tert-OH is 3. The highest BCUT2D eigenvalue weighted by molar-refractivity contribution is 8.13. The second-order valence-corrected chi connectivity index (χ2v) is 7.14. The number of carbonyl (C=O) groups excluding carboxylic acids is 3. The monoisotopic (exact) mass is 364 g/mol. The van der Waals surface area contributed by atoms with E-state index in [1.807, 2.05) is 0 Å². The van der Waals surface area contributed by atoms with Crippen LogP contribution in [0.5, 0.6) is 0 Å². The maximum atomic E-state index is 11.7. The van der Waals surface area contributed by atoms with Gasteiger partial charge in [-0.2, -0.15) is 0 Å². The molecule has 0 fully saturated rings. The van der Waals surface area contributed by atoms with Crippen LogP contribution < -0.4 is 10.6 Å². The minimum atomic E-state index is -1.35. The zero-order valence-electron chi connectivity index (χ0n) is 14.2. The number of hydrogen-bond donors (Lipinski definition) is 5. The lowest BCUT2D eigenvalue weighted by Gasteiger charge is -2.27. The van der Waals surface area contributed by atoms with Crippen LogP contribution in [0.4, 0.5) is 0 Å². The molecule has 0 aromatic heterocycles. The van der Waals surface area contributed by atoms with Gasteiger partial charge in [-0.3, -0.25) is 14.4 Å². The number of aliphatic hydroxyl groups is 3. The van der Waals surface area contributed by atoms with Crippen LogP contribution in [0.15, 0.2) is 0 Å². The molecule has 0 saturated carbocycles. The van der Waals surface area contributed by atoms with Crippen LogP contribution in [0.3, 0.4) is 0 Å². The Morgan fingerprint density at radius 3 is 2.33 bits per heavy atom. The van der Waals surface area contributed by atoms with Crippen LogP contribution >= 0.6 is 11.8 Å². The lowest BCUT2D eigenvalue weighted by molar-refractivity contribution is -0.137. The molecular weight excluding hydrogens is 336 g/mol. The first-order valence-corrected chi connectivity index (χ1v) is 8.83. The van der Waals surface area contributed by atoms with E-state index in [0.29, 0.717) is 25.1 Å². The summed E-state index contributed by atoms with van der Waals surface area (Å²) in [5, 5.41) is 32.5. The van der Waals surface area contributed by atoms with Gasteiger partial charge in [0.1, 0.15) is 6.10 Å². The van der Waals surface area contributed by atoms with E-state index >= 15 is 0 Å². The fourth-order valence-corrected chi connectivity index (χ4v) is 2.30. The van der Waals surface area contributed by atoms with E-state index in [2.05, 4.69) is 10.6 Å². The molecular formula is C15H28N2O6S. The van der Waals surface area contributed by atoms with Gasteiger partial charge in [0.2, 0.25) is 11.8 Å². The van der Waals surface area contributed by atoms with Crippen LogP contribution in [-0.2, 0) is 14.4 Å². The first kappa shape index (κ1) is 22.8. The number of rotatable bonds is 12. The van der Waals surface area contributed by atoms with Gasteiger partial charge in [0, 0.05) is 43.7 Å². The number of thioether (sulfide) groups is 1. The fraction of sp³-hybridized carbons (Fsp3) is 0.800. The summed E-state index contributed by atoms with van der Waals surface area (Å²) in [7, 11) is 0. The Balaban J connectivity index is 3.80. The second kappa shape index (κ2) is 12.2. The lowest BCUT2D eigenvalue weighted by Crippen LogP contribution is -2.46. The van der Waals surface area contributed by atoms with Crippen LogP contribution in [0.25, 0.3) is 0 Å². The Labute approximate surface area is 146 Å². The molecule has 9 heteroatoms. The van der Waals surface area contributed by atoms with Crippen molar-refractivity contribution in [3.05, 3.63) is 0 Å². The van der Waals surface area contributed by atoms with Crippen molar-refractivity contribution in [2.45, 2.75) is 39.2 Å². The Kier molecular flexibility index (Phi) is 11.6. The first-order chi connectivity index (χ1) is 11.2. The molecule has 140 valence electrons. The first-order valence-electron chi connectivity index (χ1n) is 7.84. The molecule has 24 heavy (non-hydrogen) atoms. The van der Waals surface area contributed by atoms with E-state index < -0.39 is 17.4 Å². The van der Waals surface area contributed by atoms with Crippen molar-refractivity contribution >= 4 is 28.7 Å². The molecule has 0 unspecified atom stereocenters. The molecule has 0 radical (unpaired) electrons. The van der Waals surface area contributed by atoms with Crippen molar-refractivity contribution in [3.63, 3.8) is 0 Å². The van der Waals surface area contributed by atoms with E-state index in [1.165, 1.54) is 0 Å². The Morgan fingerprint density at radius 1 is 1.08 bits per heavy atom. The van der Waals surface area contributed by atoms with Crippen molar-refractivity contribution in [1.82, 2.24) is 10.6 Å². The molecule has 0 aliphatic carbocycles. The van der Waals surface area contributed by atoms with Gasteiger partial charge in [-0.15, -0.1) is 0 Å². The summed E-state index contributed by atoms with van der Waals surface area (Å²) in [6, 6.07) is 0. The summed E-state index contributed by atoms with van der Waals surface area (Å²) >= 11 is 1.11. The predicted octanol–water partition coefficient (Wildman–Crippen LogP) is -0.979. The lowest BCUT2D eigenvalue weighted by atomic mass is 9.87. The molecule has 0 saturated heterocycles. The molecule has 5 N–H and O–H groups in total. The highest BCUT2D eigenvalue weighted by atomic mass is 32.2. The molecule has 0 bridgehead atoms. The highest BCUT2D eigenvalue weighted by Gasteiger charge is 2.32. The standard InChI is InChI=1S/C15H28N2O6S/c1-15(2,10-19)13(22)14(23)17-6-5-11(20)16-7-9-24-12(21)4-3-8-18/h13,18-19,22H,3-10H2,1-2H3,(H,16,20)(H,17,23)/t13-/m0/s1. The predicted molar refractivity (Wildman–Crippen MR) is 91.3 cm³/mol. The van der Waals surface area contributed by atoms with E-state index in [9.17, 15) is 19.5 Å². The number of carbonyl (C=O) groups is 3. The number of hydrogen-bond acceptors (Lipinski definition) is 7. The van der Waals surface area contributed by atoms with Gasteiger partial charge in [0.15, 0.2) is 5.12 Å². The molecule has 2 amide bonds. The fourth-order valence-electron chi connectivity index (χ4n) is 1.58. The van der Waals surface area contributed by atoms with Crippen molar-refractivity contribution < 1.29 is 29.7 Å². The third-order valence-electron chi connectivity index (χ3n) is 3.27. The minimum absolute atomic E-state index is 0.0149. The van der Waals surface area contributed by atoms with E-state index in [-0.39, 0.29) is 37.2 Å². The van der Waals surface area contributed by atoms with Gasteiger partial charge >= 0.3 is 0 Å². The Hall–Kier alpha value is -1.16. The van der Waals surface area contributed by atoms with Gasteiger partial charge in [-0.05, 0) is 6.42 Å². The zero-order valence-corrected chi connectivity index (χ0v) is 15.0. The maximum Gasteiger partial charge on any atom is 0.249 e. The maximum absolute atomic E-state index is 11.7. The van der Waals surface area contributed by atoms with E-state index in [0.717, 1.165) is 11.8 Å². The third kappa shape index (κ3) is 9.86.